The van der Waals surface area contributed by atoms with Gasteiger partial charge >= 0.3 is 0 Å². The number of aliphatic hydroxyl groups is 2. The van der Waals surface area contributed by atoms with Crippen molar-refractivity contribution in [3.8, 4) is 0 Å². The van der Waals surface area contributed by atoms with Gasteiger partial charge in [-0.1, -0.05) is 37.1 Å². The second-order valence-electron chi connectivity index (χ2n) is 16.1. The van der Waals surface area contributed by atoms with Gasteiger partial charge in [-0.25, -0.2) is 13.1 Å². The van der Waals surface area contributed by atoms with Crippen LogP contribution < -0.4 is 9.62 Å². The Kier molecular flexibility index (Phi) is 10.4. The van der Waals surface area contributed by atoms with E-state index in [0.717, 1.165) is 74.3 Å². The van der Waals surface area contributed by atoms with Gasteiger partial charge in [0, 0.05) is 47.9 Å². The Morgan fingerprint density at radius 3 is 2.64 bits per heavy atom. The highest BCUT2D eigenvalue weighted by atomic mass is 35.5. The van der Waals surface area contributed by atoms with Gasteiger partial charge in [-0.15, -0.1) is 0 Å². The van der Waals surface area contributed by atoms with Crippen molar-refractivity contribution in [3.05, 3.63) is 63.7 Å². The monoisotopic (exact) mass is 727 g/mol. The van der Waals surface area contributed by atoms with E-state index < -0.39 is 26.8 Å². The van der Waals surface area contributed by atoms with Crippen LogP contribution in [0.25, 0.3) is 0 Å². The molecule has 3 aliphatic heterocycles. The molecule has 274 valence electrons. The molecule has 2 bridgehead atoms. The SMILES string of the molecule is C[C@@H]1[C@@H](C)CCC[C@](O)(CN2CCOC[C@H]2CO)[C@@H]2CC[C@H]2CN2C[C@@]3(CCCc4cc(Cl)ccc43)CCc3ccc(cc32)C(=O)NS1(=O)=O. The third-order valence-electron chi connectivity index (χ3n) is 13.2. The van der Waals surface area contributed by atoms with Crippen molar-refractivity contribution in [1.29, 1.82) is 0 Å². The van der Waals surface area contributed by atoms with Crippen LogP contribution in [0.4, 0.5) is 5.69 Å². The first-order valence-electron chi connectivity index (χ1n) is 18.8. The number of halogens is 1. The topological polar surface area (TPSA) is 119 Å². The van der Waals surface area contributed by atoms with Crippen LogP contribution in [0, 0.1) is 17.8 Å². The number of carbonyl (C=O) groups is 1. The smallest absolute Gasteiger partial charge is 0.264 e. The van der Waals surface area contributed by atoms with E-state index in [2.05, 4.69) is 26.7 Å². The summed E-state index contributed by atoms with van der Waals surface area (Å²) in [6, 6.07) is 11.9. The molecule has 7 rings (SSSR count). The number of sulfonamides is 1. The van der Waals surface area contributed by atoms with Gasteiger partial charge in [-0.05, 0) is 123 Å². The first kappa shape index (κ1) is 36.2. The van der Waals surface area contributed by atoms with Crippen molar-refractivity contribution in [2.24, 2.45) is 17.8 Å². The predicted octanol–water partition coefficient (Wildman–Crippen LogP) is 5.09. The Bertz CT molecular complexity index is 1690. The van der Waals surface area contributed by atoms with Crippen molar-refractivity contribution in [2.75, 3.05) is 50.9 Å². The van der Waals surface area contributed by atoms with Gasteiger partial charge in [0.1, 0.15) is 0 Å². The first-order valence-corrected chi connectivity index (χ1v) is 20.7. The van der Waals surface area contributed by atoms with E-state index in [1.54, 1.807) is 13.0 Å². The van der Waals surface area contributed by atoms with Crippen molar-refractivity contribution in [3.63, 3.8) is 0 Å². The Hall–Kier alpha value is -2.21. The van der Waals surface area contributed by atoms with Crippen molar-refractivity contribution in [2.45, 2.75) is 100 Å². The number of benzene rings is 2. The Morgan fingerprint density at radius 1 is 1.02 bits per heavy atom. The fourth-order valence-corrected chi connectivity index (χ4v) is 11.4. The van der Waals surface area contributed by atoms with Crippen molar-refractivity contribution < 1.29 is 28.2 Å². The van der Waals surface area contributed by atoms with Crippen molar-refractivity contribution in [1.82, 2.24) is 9.62 Å². The summed E-state index contributed by atoms with van der Waals surface area (Å²) in [7, 11) is -3.94. The Balaban J connectivity index is 1.29. The predicted molar refractivity (Wildman–Crippen MR) is 196 cm³/mol. The number of aryl methyl sites for hydroxylation is 2. The van der Waals surface area contributed by atoms with Crippen LogP contribution in [0.3, 0.4) is 0 Å². The third kappa shape index (κ3) is 6.97. The van der Waals surface area contributed by atoms with Gasteiger partial charge in [0.2, 0.25) is 10.0 Å². The Morgan fingerprint density at radius 2 is 1.86 bits per heavy atom. The molecule has 3 N–H and O–H groups in total. The van der Waals surface area contributed by atoms with Crippen LogP contribution in [0.1, 0.15) is 92.3 Å². The average molecular weight is 728 g/mol. The van der Waals surface area contributed by atoms with Crippen LogP contribution in [-0.4, -0.2) is 92.3 Å². The molecule has 2 aliphatic carbocycles. The summed E-state index contributed by atoms with van der Waals surface area (Å²) in [6.07, 6.45) is 8.72. The van der Waals surface area contributed by atoms with E-state index in [1.165, 1.54) is 11.1 Å². The number of ether oxygens (including phenoxy) is 1. The molecular formula is C39H54ClN3O6S. The summed E-state index contributed by atoms with van der Waals surface area (Å²) >= 11 is 6.49. The number of anilines is 1. The second-order valence-corrected chi connectivity index (χ2v) is 18.6. The lowest BCUT2D eigenvalue weighted by Crippen LogP contribution is -2.60. The Labute approximate surface area is 302 Å². The largest absolute Gasteiger partial charge is 0.395 e. The molecule has 2 fully saturated rings. The molecule has 9 nitrogen and oxygen atoms in total. The average Bonchev–Trinajstić information content (AvgIpc) is 3.22. The van der Waals surface area contributed by atoms with Crippen molar-refractivity contribution >= 4 is 33.2 Å². The highest BCUT2D eigenvalue weighted by Gasteiger charge is 2.50. The fourth-order valence-electron chi connectivity index (χ4n) is 9.87. The third-order valence-corrected chi connectivity index (χ3v) is 15.3. The number of morpholine rings is 1. The number of carbonyl (C=O) groups excluding carboxylic acids is 1. The molecule has 7 atom stereocenters. The lowest BCUT2D eigenvalue weighted by molar-refractivity contribution is -0.129. The molecule has 2 aromatic rings. The van der Waals surface area contributed by atoms with Gasteiger partial charge in [-0.2, -0.15) is 0 Å². The van der Waals surface area contributed by atoms with Gasteiger partial charge in [0.25, 0.3) is 5.91 Å². The lowest BCUT2D eigenvalue weighted by Gasteiger charge is -2.52. The zero-order valence-electron chi connectivity index (χ0n) is 29.6. The van der Waals surface area contributed by atoms with Crippen LogP contribution in [-0.2, 0) is 33.0 Å². The van der Waals surface area contributed by atoms with Crippen LogP contribution in [0.2, 0.25) is 5.02 Å². The number of β-amino-alcohol motifs (C(OH)–C–C–N with tert-alkyl or cyclic N) is 1. The number of hydrogen-bond donors (Lipinski definition) is 3. The number of fused-ring (bicyclic) bond motifs is 4. The molecule has 5 aliphatic rings. The van der Waals surface area contributed by atoms with Crippen LogP contribution >= 0.6 is 11.6 Å². The minimum absolute atomic E-state index is 0.0238. The second kappa shape index (κ2) is 14.3. The quantitative estimate of drug-likeness (QED) is 0.401. The molecule has 2 aromatic carbocycles. The van der Waals surface area contributed by atoms with E-state index in [1.807, 2.05) is 25.1 Å². The van der Waals surface area contributed by atoms with E-state index in [4.69, 9.17) is 16.3 Å². The number of aliphatic hydroxyl groups excluding tert-OH is 1. The summed E-state index contributed by atoms with van der Waals surface area (Å²) in [5.41, 5.74) is 4.10. The van der Waals surface area contributed by atoms with Gasteiger partial charge < -0.3 is 19.8 Å². The number of nitrogens with one attached hydrogen (secondary N) is 1. The zero-order chi connectivity index (χ0) is 35.3. The molecule has 1 saturated heterocycles. The highest BCUT2D eigenvalue weighted by Crippen LogP contribution is 2.49. The molecule has 1 saturated carbocycles. The molecule has 1 amide bonds. The van der Waals surface area contributed by atoms with Gasteiger partial charge in [-0.3, -0.25) is 9.69 Å². The lowest BCUT2D eigenvalue weighted by atomic mass is 9.62. The summed E-state index contributed by atoms with van der Waals surface area (Å²) in [5.74, 6) is -0.502. The maximum atomic E-state index is 13.6. The molecule has 3 heterocycles. The molecule has 1 spiro atoms. The van der Waals surface area contributed by atoms with Gasteiger partial charge in [0.15, 0.2) is 0 Å². The van der Waals surface area contributed by atoms with E-state index >= 15 is 0 Å². The summed E-state index contributed by atoms with van der Waals surface area (Å²) in [4.78, 5) is 18.3. The number of nitrogens with zero attached hydrogens (tertiary/aromatic N) is 2. The molecule has 11 heteroatoms. The number of amides is 1. The number of hydrogen-bond acceptors (Lipinski definition) is 8. The molecule has 0 radical (unpaired) electrons. The maximum absolute atomic E-state index is 13.6. The number of rotatable bonds is 3. The van der Waals surface area contributed by atoms with Crippen LogP contribution in [0.15, 0.2) is 36.4 Å². The standard InChI is InChI=1S/C39H54ClN3O6S/c1-26-5-3-15-39(46,25-42-17-18-49-23-33(42)22-44)35-11-9-31(35)21-43-24-38(14-4-6-29-19-32(40)10-12-34(29)38)16-13-28-7-8-30(20-36(28)43)37(45)41-50(47,48)27(26)2/h7-8,10,12,19-20,26-27,31,33,35,44,46H,3-6,9,11,13-18,21-25H2,1-2H3,(H,41,45)/t26-,27+,31-,33+,35+,38+,39-/m0/s1. The highest BCUT2D eigenvalue weighted by molar-refractivity contribution is 7.90. The molecule has 0 aromatic heterocycles. The normalized spacial score (nSPS) is 34.9. The zero-order valence-corrected chi connectivity index (χ0v) is 31.2. The minimum atomic E-state index is -3.94. The summed E-state index contributed by atoms with van der Waals surface area (Å²) in [5, 5.41) is 22.9. The maximum Gasteiger partial charge on any atom is 0.264 e. The summed E-state index contributed by atoms with van der Waals surface area (Å²) < 4.78 is 35.1. The van der Waals surface area contributed by atoms with E-state index in [-0.39, 0.29) is 35.8 Å². The summed E-state index contributed by atoms with van der Waals surface area (Å²) in [6.45, 7) is 7.22. The van der Waals surface area contributed by atoms with E-state index in [9.17, 15) is 23.4 Å². The van der Waals surface area contributed by atoms with Gasteiger partial charge in [0.05, 0.1) is 36.7 Å². The molecule has 50 heavy (non-hydrogen) atoms. The molecular weight excluding hydrogens is 674 g/mol. The fraction of sp³-hybridized carbons (Fsp3) is 0.667. The minimum Gasteiger partial charge on any atom is -0.395 e. The van der Waals surface area contributed by atoms with E-state index in [0.29, 0.717) is 51.1 Å². The van der Waals surface area contributed by atoms with Crippen LogP contribution in [0.5, 0.6) is 0 Å². The molecule has 0 unspecified atom stereocenters. The first-order chi connectivity index (χ1) is 23.9.